The van der Waals surface area contributed by atoms with Crippen molar-refractivity contribution in [1.29, 1.82) is 0 Å². The van der Waals surface area contributed by atoms with Crippen molar-refractivity contribution in [2.24, 2.45) is 5.73 Å². The minimum absolute atomic E-state index is 0.0248. The molecule has 3 atom stereocenters. The first kappa shape index (κ1) is 14.5. The van der Waals surface area contributed by atoms with Gasteiger partial charge in [-0.1, -0.05) is 13.0 Å². The molecule has 0 radical (unpaired) electrons. The molecule has 2 rings (SSSR count). The molecule has 0 aliphatic carbocycles. The average molecular weight is 280 g/mol. The molecule has 3 nitrogen and oxygen atoms in total. The fourth-order valence-corrected chi connectivity index (χ4v) is 3.79. The van der Waals surface area contributed by atoms with E-state index in [1.54, 1.807) is 7.11 Å². The molecule has 1 aliphatic heterocycles. The van der Waals surface area contributed by atoms with Gasteiger partial charge in [-0.15, -0.1) is 0 Å². The summed E-state index contributed by atoms with van der Waals surface area (Å²) >= 11 is 2.04. The van der Waals surface area contributed by atoms with E-state index in [-0.39, 0.29) is 6.04 Å². The predicted molar refractivity (Wildman–Crippen MR) is 84.3 cm³/mol. The molecule has 1 aromatic carbocycles. The molecule has 4 heteroatoms. The van der Waals surface area contributed by atoms with Gasteiger partial charge in [0.2, 0.25) is 0 Å². The molecule has 1 heterocycles. The highest BCUT2D eigenvalue weighted by Gasteiger charge is 2.28. The lowest BCUT2D eigenvalue weighted by Gasteiger charge is -2.40. The van der Waals surface area contributed by atoms with Crippen LogP contribution in [0.3, 0.4) is 0 Å². The molecule has 1 aromatic rings. The van der Waals surface area contributed by atoms with E-state index in [0.29, 0.717) is 11.3 Å². The van der Waals surface area contributed by atoms with E-state index < -0.39 is 0 Å². The van der Waals surface area contributed by atoms with Gasteiger partial charge in [-0.2, -0.15) is 11.8 Å². The largest absolute Gasteiger partial charge is 0.496 e. The van der Waals surface area contributed by atoms with Crippen LogP contribution in [0.5, 0.6) is 5.75 Å². The third-order valence-electron chi connectivity index (χ3n) is 3.91. The average Bonchev–Trinajstić information content (AvgIpc) is 2.40. The number of ether oxygens (including phenoxy) is 1. The van der Waals surface area contributed by atoms with Crippen LogP contribution in [0.25, 0.3) is 0 Å². The second-order valence-corrected chi connectivity index (χ2v) is 6.68. The SMILES string of the molecule is COc1cccc(N2CCSC(C)C2C)c1C(C)N. The van der Waals surface area contributed by atoms with E-state index in [0.717, 1.165) is 17.9 Å². The summed E-state index contributed by atoms with van der Waals surface area (Å²) in [6.45, 7) is 7.69. The summed E-state index contributed by atoms with van der Waals surface area (Å²) in [4.78, 5) is 2.47. The number of anilines is 1. The molecule has 1 aliphatic rings. The van der Waals surface area contributed by atoms with Crippen LogP contribution in [0.4, 0.5) is 5.69 Å². The van der Waals surface area contributed by atoms with Crippen LogP contribution in [-0.4, -0.2) is 30.7 Å². The molecule has 106 valence electrons. The van der Waals surface area contributed by atoms with Gasteiger partial charge in [0.25, 0.3) is 0 Å². The Morgan fingerprint density at radius 3 is 2.79 bits per heavy atom. The monoisotopic (exact) mass is 280 g/mol. The highest BCUT2D eigenvalue weighted by molar-refractivity contribution is 8.00. The van der Waals surface area contributed by atoms with Crippen molar-refractivity contribution < 1.29 is 4.74 Å². The van der Waals surface area contributed by atoms with E-state index in [9.17, 15) is 0 Å². The number of methoxy groups -OCH3 is 1. The molecule has 1 saturated heterocycles. The van der Waals surface area contributed by atoms with Gasteiger partial charge < -0.3 is 15.4 Å². The number of benzene rings is 1. The van der Waals surface area contributed by atoms with Crippen LogP contribution in [0.2, 0.25) is 0 Å². The molecule has 0 saturated carbocycles. The maximum Gasteiger partial charge on any atom is 0.125 e. The summed E-state index contributed by atoms with van der Waals surface area (Å²) < 4.78 is 5.49. The van der Waals surface area contributed by atoms with Crippen molar-refractivity contribution >= 4 is 17.4 Å². The second-order valence-electron chi connectivity index (χ2n) is 5.19. The Morgan fingerprint density at radius 2 is 2.16 bits per heavy atom. The summed E-state index contributed by atoms with van der Waals surface area (Å²) in [5, 5.41) is 0.640. The van der Waals surface area contributed by atoms with Crippen molar-refractivity contribution in [2.75, 3.05) is 24.3 Å². The maximum atomic E-state index is 6.17. The van der Waals surface area contributed by atoms with Crippen molar-refractivity contribution in [3.05, 3.63) is 23.8 Å². The Kier molecular flexibility index (Phi) is 4.63. The van der Waals surface area contributed by atoms with Gasteiger partial charge in [0, 0.05) is 40.9 Å². The van der Waals surface area contributed by atoms with Crippen molar-refractivity contribution in [3.8, 4) is 5.75 Å². The Morgan fingerprint density at radius 1 is 1.42 bits per heavy atom. The molecule has 3 unspecified atom stereocenters. The summed E-state index contributed by atoms with van der Waals surface area (Å²) in [6.07, 6.45) is 0. The molecule has 1 fully saturated rings. The van der Waals surface area contributed by atoms with E-state index in [4.69, 9.17) is 10.5 Å². The van der Waals surface area contributed by atoms with Crippen LogP contribution >= 0.6 is 11.8 Å². The Hall–Kier alpha value is -0.870. The summed E-state index contributed by atoms with van der Waals surface area (Å²) in [7, 11) is 1.71. The molecule has 0 aromatic heterocycles. The number of nitrogens with zero attached hydrogens (tertiary/aromatic N) is 1. The minimum atomic E-state index is -0.0248. The van der Waals surface area contributed by atoms with E-state index in [1.807, 2.05) is 24.8 Å². The Bertz CT molecular complexity index is 436. The van der Waals surface area contributed by atoms with Crippen LogP contribution in [-0.2, 0) is 0 Å². The van der Waals surface area contributed by atoms with Gasteiger partial charge in [-0.25, -0.2) is 0 Å². The third-order valence-corrected chi connectivity index (χ3v) is 5.25. The van der Waals surface area contributed by atoms with Crippen molar-refractivity contribution in [3.63, 3.8) is 0 Å². The molecule has 0 bridgehead atoms. The number of nitrogens with two attached hydrogens (primary N) is 1. The van der Waals surface area contributed by atoms with Crippen LogP contribution in [0, 0.1) is 0 Å². The highest BCUT2D eigenvalue weighted by atomic mass is 32.2. The van der Waals surface area contributed by atoms with Gasteiger partial charge in [-0.3, -0.25) is 0 Å². The summed E-state index contributed by atoms with van der Waals surface area (Å²) in [5.41, 5.74) is 8.52. The van der Waals surface area contributed by atoms with E-state index >= 15 is 0 Å². The van der Waals surface area contributed by atoms with Gasteiger partial charge in [0.1, 0.15) is 5.75 Å². The number of thioether (sulfide) groups is 1. The van der Waals surface area contributed by atoms with Gasteiger partial charge >= 0.3 is 0 Å². The zero-order valence-electron chi connectivity index (χ0n) is 12.2. The van der Waals surface area contributed by atoms with Gasteiger partial charge in [0.15, 0.2) is 0 Å². The topological polar surface area (TPSA) is 38.5 Å². The smallest absolute Gasteiger partial charge is 0.125 e. The zero-order valence-corrected chi connectivity index (χ0v) is 13.0. The molecular weight excluding hydrogens is 256 g/mol. The second kappa shape index (κ2) is 6.06. The van der Waals surface area contributed by atoms with Crippen molar-refractivity contribution in [1.82, 2.24) is 0 Å². The quantitative estimate of drug-likeness (QED) is 0.923. The Labute approximate surface area is 120 Å². The Balaban J connectivity index is 2.43. The maximum absolute atomic E-state index is 6.17. The van der Waals surface area contributed by atoms with Crippen LogP contribution < -0.4 is 15.4 Å². The standard InChI is InChI=1S/C15H24N2OS/c1-10(16)15-13(6-5-7-14(15)18-4)17-8-9-19-12(3)11(17)2/h5-7,10-12H,8-9,16H2,1-4H3. The first-order chi connectivity index (χ1) is 9.06. The number of rotatable bonds is 3. The molecular formula is C15H24N2OS. The van der Waals surface area contributed by atoms with Crippen molar-refractivity contribution in [2.45, 2.75) is 38.1 Å². The van der Waals surface area contributed by atoms with E-state index in [2.05, 4.69) is 30.9 Å². The molecule has 0 amide bonds. The zero-order chi connectivity index (χ0) is 14.0. The highest BCUT2D eigenvalue weighted by Crippen LogP contribution is 2.37. The molecule has 2 N–H and O–H groups in total. The van der Waals surface area contributed by atoms with Crippen LogP contribution in [0.1, 0.15) is 32.4 Å². The van der Waals surface area contributed by atoms with Gasteiger partial charge in [0.05, 0.1) is 7.11 Å². The fraction of sp³-hybridized carbons (Fsp3) is 0.600. The number of hydrogen-bond donors (Lipinski definition) is 1. The fourth-order valence-electron chi connectivity index (χ4n) is 2.69. The molecule has 19 heavy (non-hydrogen) atoms. The number of hydrogen-bond acceptors (Lipinski definition) is 4. The first-order valence-electron chi connectivity index (χ1n) is 6.87. The van der Waals surface area contributed by atoms with Crippen LogP contribution in [0.15, 0.2) is 18.2 Å². The lowest BCUT2D eigenvalue weighted by molar-refractivity contribution is 0.406. The predicted octanol–water partition coefficient (Wildman–Crippen LogP) is 3.05. The third kappa shape index (κ3) is 2.84. The lowest BCUT2D eigenvalue weighted by Crippen LogP contribution is -2.45. The normalized spacial score (nSPS) is 25.2. The molecule has 0 spiro atoms. The summed E-state index contributed by atoms with van der Waals surface area (Å²) in [5.74, 6) is 2.06. The van der Waals surface area contributed by atoms with E-state index in [1.165, 1.54) is 11.4 Å². The minimum Gasteiger partial charge on any atom is -0.496 e. The van der Waals surface area contributed by atoms with Gasteiger partial charge in [-0.05, 0) is 26.0 Å². The summed E-state index contributed by atoms with van der Waals surface area (Å²) in [6, 6.07) is 6.71. The lowest BCUT2D eigenvalue weighted by atomic mass is 10.0. The first-order valence-corrected chi connectivity index (χ1v) is 7.91.